The Labute approximate surface area is 191 Å². The lowest BCUT2D eigenvalue weighted by Crippen LogP contribution is -2.44. The number of nitrogens with one attached hydrogen (secondary N) is 1. The number of hydrogen-bond donors (Lipinski definition) is 1. The first-order valence-corrected chi connectivity index (χ1v) is 10.5. The highest BCUT2D eigenvalue weighted by molar-refractivity contribution is 6.13. The van der Waals surface area contributed by atoms with Crippen LogP contribution in [0.5, 0.6) is 0 Å². The van der Waals surface area contributed by atoms with Gasteiger partial charge in [-0.25, -0.2) is 28.4 Å². The fraction of sp³-hybridized carbons (Fsp3) is 0.217. The molecule has 0 radical (unpaired) electrons. The second kappa shape index (κ2) is 6.86. The van der Waals surface area contributed by atoms with E-state index in [1.807, 2.05) is 0 Å². The Balaban J connectivity index is 1.57. The van der Waals surface area contributed by atoms with E-state index < -0.39 is 17.0 Å². The lowest BCUT2D eigenvalue weighted by molar-refractivity contribution is -0.127. The van der Waals surface area contributed by atoms with E-state index in [2.05, 4.69) is 25.4 Å². The summed E-state index contributed by atoms with van der Waals surface area (Å²) in [5.74, 6) is -0.926. The Morgan fingerprint density at radius 2 is 1.97 bits per heavy atom. The predicted molar refractivity (Wildman–Crippen MR) is 118 cm³/mol. The number of rotatable bonds is 3. The fourth-order valence-electron chi connectivity index (χ4n) is 4.56. The van der Waals surface area contributed by atoms with Crippen LogP contribution in [0.15, 0.2) is 36.5 Å². The molecule has 2 amide bonds. The first-order chi connectivity index (χ1) is 16.3. The van der Waals surface area contributed by atoms with Gasteiger partial charge in [-0.2, -0.15) is 5.10 Å². The topological polar surface area (TPSA) is 106 Å². The maximum atomic E-state index is 14.3. The quantitative estimate of drug-likeness (QED) is 0.503. The molecule has 11 heteroatoms. The van der Waals surface area contributed by atoms with Gasteiger partial charge in [0.2, 0.25) is 11.8 Å². The number of anilines is 2. The maximum absolute atomic E-state index is 14.3. The van der Waals surface area contributed by atoms with E-state index in [0.717, 1.165) is 6.20 Å². The van der Waals surface area contributed by atoms with Crippen molar-refractivity contribution in [2.45, 2.75) is 25.3 Å². The highest BCUT2D eigenvalue weighted by Crippen LogP contribution is 2.48. The standard InChI is InChI=1S/C23H17F2N7O2/c1-23-8-15(33)31(2)21-16(23)18(29-22(23)34)27-19(28-21)17-13-7-12(24)9-26-20(13)32(30-17)10-11-5-3-4-6-14(11)25/h3-7,9H,8,10H2,1-2H3,(H,27,28,29,34). The zero-order valence-electron chi connectivity index (χ0n) is 18.1. The fourth-order valence-corrected chi connectivity index (χ4v) is 4.56. The molecule has 9 nitrogen and oxygen atoms in total. The van der Waals surface area contributed by atoms with Crippen LogP contribution in [0.4, 0.5) is 20.4 Å². The van der Waals surface area contributed by atoms with E-state index in [1.165, 1.54) is 21.7 Å². The lowest BCUT2D eigenvalue weighted by Gasteiger charge is -2.32. The normalized spacial score (nSPS) is 19.0. The number of hydrogen-bond acceptors (Lipinski definition) is 6. The van der Waals surface area contributed by atoms with Gasteiger partial charge in [0.05, 0.1) is 29.1 Å². The third-order valence-electron chi connectivity index (χ3n) is 6.41. The van der Waals surface area contributed by atoms with Crippen molar-refractivity contribution in [3.05, 3.63) is 59.3 Å². The monoisotopic (exact) mass is 461 g/mol. The Hall–Kier alpha value is -4.28. The number of nitrogens with zero attached hydrogens (tertiary/aromatic N) is 6. The summed E-state index contributed by atoms with van der Waals surface area (Å²) in [4.78, 5) is 39.9. The van der Waals surface area contributed by atoms with Crippen LogP contribution in [0.2, 0.25) is 0 Å². The number of carbonyl (C=O) groups excluding carboxylic acids is 2. The first kappa shape index (κ1) is 20.3. The molecule has 2 aliphatic heterocycles. The number of aromatic nitrogens is 5. The van der Waals surface area contributed by atoms with Gasteiger partial charge in [-0.05, 0) is 19.1 Å². The van der Waals surface area contributed by atoms with E-state index in [9.17, 15) is 18.4 Å². The van der Waals surface area contributed by atoms with E-state index in [-0.39, 0.29) is 42.1 Å². The molecule has 170 valence electrons. The smallest absolute Gasteiger partial charge is 0.236 e. The third kappa shape index (κ3) is 2.76. The number of pyridine rings is 1. The number of fused-ring (bicyclic) bond motifs is 1. The maximum Gasteiger partial charge on any atom is 0.236 e. The largest absolute Gasteiger partial charge is 0.309 e. The molecule has 34 heavy (non-hydrogen) atoms. The SMILES string of the molecule is CN1C(=O)CC2(C)C(=O)Nc3nc(-c4nn(Cc5ccccc5F)c5ncc(F)cc45)nc1c32. The molecular formula is C23H17F2N7O2. The molecule has 6 rings (SSSR count). The molecule has 0 saturated carbocycles. The molecule has 3 aromatic heterocycles. The van der Waals surface area contributed by atoms with Crippen molar-refractivity contribution in [3.63, 3.8) is 0 Å². The van der Waals surface area contributed by atoms with Crippen molar-refractivity contribution in [2.24, 2.45) is 0 Å². The van der Waals surface area contributed by atoms with Gasteiger partial charge < -0.3 is 5.32 Å². The van der Waals surface area contributed by atoms with E-state index in [4.69, 9.17) is 0 Å². The van der Waals surface area contributed by atoms with Crippen molar-refractivity contribution in [2.75, 3.05) is 17.3 Å². The van der Waals surface area contributed by atoms with E-state index >= 15 is 0 Å². The minimum absolute atomic E-state index is 0.00731. The summed E-state index contributed by atoms with van der Waals surface area (Å²) >= 11 is 0. The van der Waals surface area contributed by atoms with Crippen molar-refractivity contribution in [1.82, 2.24) is 24.7 Å². The first-order valence-electron chi connectivity index (χ1n) is 10.5. The molecule has 4 aromatic rings. The summed E-state index contributed by atoms with van der Waals surface area (Å²) in [6.45, 7) is 1.73. The Bertz CT molecular complexity index is 1550. The number of carbonyl (C=O) groups is 2. The molecule has 5 heterocycles. The predicted octanol–water partition coefficient (Wildman–Crippen LogP) is 2.79. The van der Waals surface area contributed by atoms with Gasteiger partial charge in [-0.15, -0.1) is 0 Å². The molecule has 0 bridgehead atoms. The number of amides is 2. The average molecular weight is 461 g/mol. The summed E-state index contributed by atoms with van der Waals surface area (Å²) in [6, 6.07) is 7.51. The summed E-state index contributed by atoms with van der Waals surface area (Å²) in [5.41, 5.74) is 0.375. The minimum atomic E-state index is -1.06. The van der Waals surface area contributed by atoms with Crippen LogP contribution >= 0.6 is 0 Å². The Morgan fingerprint density at radius 3 is 2.76 bits per heavy atom. The summed E-state index contributed by atoms with van der Waals surface area (Å²) in [6.07, 6.45) is 1.06. The summed E-state index contributed by atoms with van der Waals surface area (Å²) in [7, 11) is 1.58. The molecule has 1 unspecified atom stereocenters. The van der Waals surface area contributed by atoms with Crippen LogP contribution < -0.4 is 10.2 Å². The molecule has 1 atom stereocenters. The van der Waals surface area contributed by atoms with Gasteiger partial charge in [0, 0.05) is 19.0 Å². The number of halogens is 2. The highest BCUT2D eigenvalue weighted by Gasteiger charge is 2.52. The Kier molecular flexibility index (Phi) is 4.10. The van der Waals surface area contributed by atoms with Gasteiger partial charge in [0.1, 0.15) is 29.0 Å². The van der Waals surface area contributed by atoms with Crippen molar-refractivity contribution in [1.29, 1.82) is 0 Å². The molecule has 2 aliphatic rings. The zero-order valence-corrected chi connectivity index (χ0v) is 18.1. The van der Waals surface area contributed by atoms with E-state index in [1.54, 1.807) is 32.2 Å². The van der Waals surface area contributed by atoms with Crippen molar-refractivity contribution in [3.8, 4) is 11.5 Å². The van der Waals surface area contributed by atoms with Gasteiger partial charge in [0.15, 0.2) is 11.5 Å². The highest BCUT2D eigenvalue weighted by atomic mass is 19.1. The molecule has 0 aliphatic carbocycles. The second-order valence-corrected chi connectivity index (χ2v) is 8.63. The third-order valence-corrected chi connectivity index (χ3v) is 6.41. The van der Waals surface area contributed by atoms with Gasteiger partial charge in [-0.3, -0.25) is 14.5 Å². The zero-order chi connectivity index (χ0) is 23.8. The Morgan fingerprint density at radius 1 is 1.18 bits per heavy atom. The second-order valence-electron chi connectivity index (χ2n) is 8.63. The molecule has 1 N–H and O–H groups in total. The minimum Gasteiger partial charge on any atom is -0.309 e. The van der Waals surface area contributed by atoms with Crippen LogP contribution in [0.1, 0.15) is 24.5 Å². The lowest BCUT2D eigenvalue weighted by atomic mass is 9.78. The van der Waals surface area contributed by atoms with Crippen LogP contribution in [-0.4, -0.2) is 43.6 Å². The van der Waals surface area contributed by atoms with Gasteiger partial charge in [-0.1, -0.05) is 18.2 Å². The molecule has 0 saturated heterocycles. The number of benzene rings is 1. The summed E-state index contributed by atoms with van der Waals surface area (Å²) in [5, 5.41) is 7.60. The van der Waals surface area contributed by atoms with Crippen molar-refractivity contribution < 1.29 is 18.4 Å². The average Bonchev–Trinajstić information content (AvgIpc) is 3.27. The molecule has 0 fully saturated rings. The molecular weight excluding hydrogens is 444 g/mol. The van der Waals surface area contributed by atoms with Crippen LogP contribution in [0.25, 0.3) is 22.6 Å². The molecule has 1 aromatic carbocycles. The van der Waals surface area contributed by atoms with Gasteiger partial charge >= 0.3 is 0 Å². The van der Waals surface area contributed by atoms with Crippen LogP contribution in [0, 0.1) is 11.6 Å². The summed E-state index contributed by atoms with van der Waals surface area (Å²) < 4.78 is 29.9. The molecule has 0 spiro atoms. The van der Waals surface area contributed by atoms with Crippen LogP contribution in [0.3, 0.4) is 0 Å². The van der Waals surface area contributed by atoms with E-state index in [0.29, 0.717) is 28.0 Å². The van der Waals surface area contributed by atoms with Crippen LogP contribution in [-0.2, 0) is 21.5 Å². The van der Waals surface area contributed by atoms with Gasteiger partial charge in [0.25, 0.3) is 0 Å². The van der Waals surface area contributed by atoms with Crippen molar-refractivity contribution >= 4 is 34.5 Å².